The molecule has 154 valence electrons. The predicted octanol–water partition coefficient (Wildman–Crippen LogP) is 2.70. The van der Waals surface area contributed by atoms with E-state index in [4.69, 9.17) is 4.74 Å². The summed E-state index contributed by atoms with van der Waals surface area (Å²) in [5, 5.41) is 14.5. The molecule has 0 saturated carbocycles. The highest BCUT2D eigenvalue weighted by molar-refractivity contribution is 5.79. The maximum absolute atomic E-state index is 5.05. The van der Waals surface area contributed by atoms with Crippen LogP contribution in [0.3, 0.4) is 0 Å². The number of nitrogens with zero attached hydrogens (tertiary/aromatic N) is 3. The standard InChI is InChI=1S/C21H34N6O/c1-5-22-21(24-11-6-13-27-18(3)15-17(2)26-27)25-16-19-7-9-20(10-8-19)23-12-14-28-4/h7-10,15,23H,5-6,11-14,16H2,1-4H3,(H2,22,24,25). The number of aromatic nitrogens is 2. The lowest BCUT2D eigenvalue weighted by Gasteiger charge is -2.12. The van der Waals surface area contributed by atoms with Crippen molar-refractivity contribution in [3.8, 4) is 0 Å². The molecule has 0 atom stereocenters. The number of hydrogen-bond acceptors (Lipinski definition) is 4. The number of guanidine groups is 1. The normalized spacial score (nSPS) is 11.5. The Kier molecular flexibility index (Phi) is 9.34. The van der Waals surface area contributed by atoms with Crippen LogP contribution >= 0.6 is 0 Å². The Morgan fingerprint density at radius 2 is 1.93 bits per heavy atom. The van der Waals surface area contributed by atoms with E-state index in [0.717, 1.165) is 49.9 Å². The van der Waals surface area contributed by atoms with Gasteiger partial charge < -0.3 is 20.7 Å². The molecule has 0 spiro atoms. The monoisotopic (exact) mass is 386 g/mol. The van der Waals surface area contributed by atoms with Gasteiger partial charge in [-0.2, -0.15) is 5.10 Å². The number of hydrogen-bond donors (Lipinski definition) is 3. The van der Waals surface area contributed by atoms with Crippen molar-refractivity contribution in [2.75, 3.05) is 38.7 Å². The minimum Gasteiger partial charge on any atom is -0.383 e. The Bertz CT molecular complexity index is 723. The highest BCUT2D eigenvalue weighted by Crippen LogP contribution is 2.10. The lowest BCUT2D eigenvalue weighted by molar-refractivity contribution is 0.211. The first-order chi connectivity index (χ1) is 13.6. The minimum atomic E-state index is 0.644. The molecule has 1 aromatic heterocycles. The topological polar surface area (TPSA) is 75.5 Å². The zero-order valence-electron chi connectivity index (χ0n) is 17.6. The fourth-order valence-electron chi connectivity index (χ4n) is 2.87. The van der Waals surface area contributed by atoms with Gasteiger partial charge in [-0.25, -0.2) is 4.99 Å². The number of methoxy groups -OCH3 is 1. The first kappa shape index (κ1) is 21.8. The number of aryl methyl sites for hydroxylation is 3. The van der Waals surface area contributed by atoms with E-state index in [1.54, 1.807) is 7.11 Å². The van der Waals surface area contributed by atoms with Crippen molar-refractivity contribution in [3.63, 3.8) is 0 Å². The van der Waals surface area contributed by atoms with Crippen LogP contribution in [0.25, 0.3) is 0 Å². The largest absolute Gasteiger partial charge is 0.383 e. The molecule has 0 aliphatic rings. The molecule has 0 fully saturated rings. The molecule has 2 aromatic rings. The average molecular weight is 387 g/mol. The summed E-state index contributed by atoms with van der Waals surface area (Å²) in [6.07, 6.45) is 0.994. The molecule has 0 aliphatic carbocycles. The van der Waals surface area contributed by atoms with Crippen molar-refractivity contribution in [3.05, 3.63) is 47.3 Å². The van der Waals surface area contributed by atoms with E-state index in [9.17, 15) is 0 Å². The fourth-order valence-corrected chi connectivity index (χ4v) is 2.87. The molecule has 7 nitrogen and oxygen atoms in total. The van der Waals surface area contributed by atoms with E-state index < -0.39 is 0 Å². The summed E-state index contributed by atoms with van der Waals surface area (Å²) < 4.78 is 7.11. The summed E-state index contributed by atoms with van der Waals surface area (Å²) in [5.74, 6) is 0.846. The first-order valence-electron chi connectivity index (χ1n) is 9.97. The Morgan fingerprint density at radius 1 is 1.14 bits per heavy atom. The molecule has 0 aliphatic heterocycles. The van der Waals surface area contributed by atoms with Gasteiger partial charge in [-0.05, 0) is 51.0 Å². The van der Waals surface area contributed by atoms with Gasteiger partial charge in [0.15, 0.2) is 5.96 Å². The van der Waals surface area contributed by atoms with E-state index in [2.05, 4.69) is 74.9 Å². The van der Waals surface area contributed by atoms with Crippen LogP contribution in [-0.2, 0) is 17.8 Å². The predicted molar refractivity (Wildman–Crippen MR) is 116 cm³/mol. The molecular weight excluding hydrogens is 352 g/mol. The van der Waals surface area contributed by atoms with Crippen LogP contribution in [0.2, 0.25) is 0 Å². The van der Waals surface area contributed by atoms with Gasteiger partial charge in [0.2, 0.25) is 0 Å². The van der Waals surface area contributed by atoms with Crippen LogP contribution in [0.4, 0.5) is 5.69 Å². The van der Waals surface area contributed by atoms with Crippen LogP contribution in [0.5, 0.6) is 0 Å². The van der Waals surface area contributed by atoms with Crippen LogP contribution in [0.15, 0.2) is 35.3 Å². The van der Waals surface area contributed by atoms with Crippen LogP contribution < -0.4 is 16.0 Å². The van der Waals surface area contributed by atoms with E-state index in [0.29, 0.717) is 13.2 Å². The fraction of sp³-hybridized carbons (Fsp3) is 0.524. The quantitative estimate of drug-likeness (QED) is 0.315. The second kappa shape index (κ2) is 12.0. The zero-order valence-corrected chi connectivity index (χ0v) is 17.6. The lowest BCUT2D eigenvalue weighted by Crippen LogP contribution is -2.38. The molecule has 0 saturated heterocycles. The molecule has 1 heterocycles. The van der Waals surface area contributed by atoms with Crippen LogP contribution in [-0.4, -0.2) is 49.1 Å². The van der Waals surface area contributed by atoms with Crippen molar-refractivity contribution in [1.29, 1.82) is 0 Å². The molecule has 7 heteroatoms. The molecule has 28 heavy (non-hydrogen) atoms. The van der Waals surface area contributed by atoms with Gasteiger partial charge in [0, 0.05) is 44.7 Å². The third kappa shape index (κ3) is 7.60. The van der Waals surface area contributed by atoms with E-state index in [-0.39, 0.29) is 0 Å². The Balaban J connectivity index is 1.78. The smallest absolute Gasteiger partial charge is 0.191 e. The molecule has 3 N–H and O–H groups in total. The van der Waals surface area contributed by atoms with Gasteiger partial charge in [0.25, 0.3) is 0 Å². The van der Waals surface area contributed by atoms with Gasteiger partial charge in [0.1, 0.15) is 0 Å². The molecule has 0 bridgehead atoms. The summed E-state index contributed by atoms with van der Waals surface area (Å²) in [5.41, 5.74) is 4.55. The highest BCUT2D eigenvalue weighted by Gasteiger charge is 2.02. The van der Waals surface area contributed by atoms with E-state index >= 15 is 0 Å². The molecule has 2 rings (SSSR count). The Hall–Kier alpha value is -2.54. The molecule has 0 radical (unpaired) electrons. The van der Waals surface area contributed by atoms with Gasteiger partial charge in [-0.1, -0.05) is 12.1 Å². The number of rotatable bonds is 11. The maximum atomic E-state index is 5.05. The second-order valence-electron chi connectivity index (χ2n) is 6.74. The maximum Gasteiger partial charge on any atom is 0.191 e. The van der Waals surface area contributed by atoms with Crippen LogP contribution in [0, 0.1) is 13.8 Å². The van der Waals surface area contributed by atoms with Crippen molar-refractivity contribution in [2.24, 2.45) is 4.99 Å². The van der Waals surface area contributed by atoms with E-state index in [1.165, 1.54) is 11.3 Å². The number of nitrogens with one attached hydrogen (secondary N) is 3. The molecular formula is C21H34N6O. The van der Waals surface area contributed by atoms with Gasteiger partial charge >= 0.3 is 0 Å². The second-order valence-corrected chi connectivity index (χ2v) is 6.74. The third-order valence-corrected chi connectivity index (χ3v) is 4.30. The summed E-state index contributed by atoms with van der Waals surface area (Å²) in [6, 6.07) is 10.5. The van der Waals surface area contributed by atoms with Crippen molar-refractivity contribution >= 4 is 11.6 Å². The summed E-state index contributed by atoms with van der Waals surface area (Å²) in [7, 11) is 1.71. The number of anilines is 1. The lowest BCUT2D eigenvalue weighted by atomic mass is 10.2. The van der Waals surface area contributed by atoms with Crippen molar-refractivity contribution in [1.82, 2.24) is 20.4 Å². The van der Waals surface area contributed by atoms with Gasteiger partial charge in [-0.15, -0.1) is 0 Å². The summed E-state index contributed by atoms with van der Waals surface area (Å²) >= 11 is 0. The summed E-state index contributed by atoms with van der Waals surface area (Å²) in [4.78, 5) is 4.69. The van der Waals surface area contributed by atoms with E-state index in [1.807, 2.05) is 6.92 Å². The molecule has 1 aromatic carbocycles. The summed E-state index contributed by atoms with van der Waals surface area (Å²) in [6.45, 7) is 10.9. The molecule has 0 amide bonds. The SMILES string of the molecule is CCNC(=NCc1ccc(NCCOC)cc1)NCCCn1nc(C)cc1C. The number of benzene rings is 1. The number of ether oxygens (including phenoxy) is 1. The van der Waals surface area contributed by atoms with Crippen LogP contribution in [0.1, 0.15) is 30.3 Å². The Morgan fingerprint density at radius 3 is 2.57 bits per heavy atom. The Labute approximate surface area is 168 Å². The third-order valence-electron chi connectivity index (χ3n) is 4.30. The van der Waals surface area contributed by atoms with Crippen molar-refractivity contribution in [2.45, 2.75) is 40.3 Å². The first-order valence-corrected chi connectivity index (χ1v) is 9.97. The van der Waals surface area contributed by atoms with Gasteiger partial charge in [0.05, 0.1) is 18.8 Å². The van der Waals surface area contributed by atoms with Crippen molar-refractivity contribution < 1.29 is 4.74 Å². The average Bonchev–Trinajstić information content (AvgIpc) is 3.01. The highest BCUT2D eigenvalue weighted by atomic mass is 16.5. The number of aliphatic imine (C=N–C) groups is 1. The minimum absolute atomic E-state index is 0.644. The zero-order chi connectivity index (χ0) is 20.2. The molecule has 0 unspecified atom stereocenters. The van der Waals surface area contributed by atoms with Gasteiger partial charge in [-0.3, -0.25) is 4.68 Å².